The summed E-state index contributed by atoms with van der Waals surface area (Å²) < 4.78 is 0. The molecule has 1 amide bonds. The first-order chi connectivity index (χ1) is 7.47. The molecule has 1 unspecified atom stereocenters. The lowest BCUT2D eigenvalue weighted by atomic mass is 9.93. The Morgan fingerprint density at radius 2 is 2.06 bits per heavy atom. The number of nitrogens with zero attached hydrogens (tertiary/aromatic N) is 2. The van der Waals surface area contributed by atoms with E-state index >= 15 is 0 Å². The highest BCUT2D eigenvalue weighted by molar-refractivity contribution is 5.83. The van der Waals surface area contributed by atoms with Gasteiger partial charge in [-0.25, -0.2) is 0 Å². The van der Waals surface area contributed by atoms with Gasteiger partial charge in [-0.3, -0.25) is 9.69 Å². The second kappa shape index (κ2) is 4.00. The summed E-state index contributed by atoms with van der Waals surface area (Å²) in [6.45, 7) is 5.85. The van der Waals surface area contributed by atoms with E-state index in [1.54, 1.807) is 0 Å². The van der Waals surface area contributed by atoms with Crippen molar-refractivity contribution in [1.29, 1.82) is 0 Å². The highest BCUT2D eigenvalue weighted by Gasteiger charge is 2.46. The van der Waals surface area contributed by atoms with E-state index in [2.05, 4.69) is 23.6 Å². The van der Waals surface area contributed by atoms with E-state index in [1.807, 2.05) is 7.05 Å². The molecular formula is C12H23N3O. The average molecular weight is 225 g/mol. The van der Waals surface area contributed by atoms with Crippen LogP contribution in [0.5, 0.6) is 0 Å². The molecule has 1 saturated heterocycles. The zero-order chi connectivity index (χ0) is 11.9. The van der Waals surface area contributed by atoms with Crippen molar-refractivity contribution < 1.29 is 4.79 Å². The molecule has 2 fully saturated rings. The highest BCUT2D eigenvalue weighted by Crippen LogP contribution is 2.34. The van der Waals surface area contributed by atoms with Crippen LogP contribution in [0.2, 0.25) is 0 Å². The molecule has 1 atom stereocenters. The van der Waals surface area contributed by atoms with Gasteiger partial charge in [0.25, 0.3) is 0 Å². The van der Waals surface area contributed by atoms with Gasteiger partial charge in [0.15, 0.2) is 0 Å². The summed E-state index contributed by atoms with van der Waals surface area (Å²) in [6, 6.07) is 0.495. The summed E-state index contributed by atoms with van der Waals surface area (Å²) in [5.74, 6) is 0.287. The maximum absolute atomic E-state index is 12.3. The van der Waals surface area contributed by atoms with Crippen LogP contribution in [0, 0.1) is 0 Å². The average Bonchev–Trinajstić information content (AvgIpc) is 3.02. The second-order valence-electron chi connectivity index (χ2n) is 5.71. The van der Waals surface area contributed by atoms with Gasteiger partial charge in [0, 0.05) is 18.1 Å². The van der Waals surface area contributed by atoms with Crippen LogP contribution in [-0.4, -0.2) is 53.5 Å². The smallest absolute Gasteiger partial charge is 0.240 e. The molecule has 0 spiro atoms. The first-order valence-corrected chi connectivity index (χ1v) is 6.21. The van der Waals surface area contributed by atoms with Crippen molar-refractivity contribution in [3.63, 3.8) is 0 Å². The summed E-state index contributed by atoms with van der Waals surface area (Å²) in [6.07, 6.45) is 3.13. The van der Waals surface area contributed by atoms with Gasteiger partial charge in [0.1, 0.15) is 0 Å². The van der Waals surface area contributed by atoms with Crippen LogP contribution in [0.3, 0.4) is 0 Å². The van der Waals surface area contributed by atoms with Gasteiger partial charge in [0.05, 0.1) is 6.04 Å². The molecule has 1 saturated carbocycles. The fourth-order valence-electron chi connectivity index (χ4n) is 2.56. The minimum Gasteiger partial charge on any atom is -0.337 e. The monoisotopic (exact) mass is 225 g/mol. The predicted octanol–water partition coefficient (Wildman–Crippen LogP) is 0.419. The molecule has 0 bridgehead atoms. The molecule has 0 aromatic carbocycles. The number of hydrogen-bond acceptors (Lipinski definition) is 3. The molecule has 2 aliphatic rings. The van der Waals surface area contributed by atoms with Crippen molar-refractivity contribution in [2.24, 2.45) is 5.73 Å². The molecule has 92 valence electrons. The summed E-state index contributed by atoms with van der Waals surface area (Å²) in [5.41, 5.74) is 5.68. The number of likely N-dealkylation sites (N-methyl/N-ethyl adjacent to an activating group) is 1. The molecule has 1 heterocycles. The summed E-state index contributed by atoms with van der Waals surface area (Å²) in [4.78, 5) is 16.6. The highest BCUT2D eigenvalue weighted by atomic mass is 16.2. The topological polar surface area (TPSA) is 49.6 Å². The number of nitrogens with two attached hydrogens (primary N) is 1. The number of hydrogen-bond donors (Lipinski definition) is 1. The quantitative estimate of drug-likeness (QED) is 0.757. The standard InChI is InChI=1S/C12H23N3O/c1-12(2)8-15(9-4-5-9)11(16)10(6-7-13)14(12)3/h9-10H,4-8,13H2,1-3H3. The van der Waals surface area contributed by atoms with Crippen molar-refractivity contribution in [3.8, 4) is 0 Å². The van der Waals surface area contributed by atoms with E-state index in [-0.39, 0.29) is 17.5 Å². The molecule has 1 aliphatic heterocycles. The van der Waals surface area contributed by atoms with Gasteiger partial charge in [-0.2, -0.15) is 0 Å². The normalized spacial score (nSPS) is 30.9. The Balaban J connectivity index is 2.17. The molecule has 16 heavy (non-hydrogen) atoms. The number of carbonyl (C=O) groups is 1. The Morgan fingerprint density at radius 3 is 2.56 bits per heavy atom. The van der Waals surface area contributed by atoms with Crippen LogP contribution in [0.4, 0.5) is 0 Å². The van der Waals surface area contributed by atoms with Crippen LogP contribution in [0.25, 0.3) is 0 Å². The lowest BCUT2D eigenvalue weighted by Crippen LogP contribution is -2.65. The Morgan fingerprint density at radius 1 is 1.44 bits per heavy atom. The third-order valence-electron chi connectivity index (χ3n) is 3.98. The van der Waals surface area contributed by atoms with Gasteiger partial charge in [0.2, 0.25) is 5.91 Å². The third kappa shape index (κ3) is 1.96. The van der Waals surface area contributed by atoms with Crippen molar-refractivity contribution >= 4 is 5.91 Å². The maximum atomic E-state index is 12.3. The van der Waals surface area contributed by atoms with Gasteiger partial charge < -0.3 is 10.6 Å². The summed E-state index contributed by atoms with van der Waals surface area (Å²) >= 11 is 0. The van der Waals surface area contributed by atoms with Crippen LogP contribution in [0.1, 0.15) is 33.1 Å². The largest absolute Gasteiger partial charge is 0.337 e. The minimum atomic E-state index is -0.0191. The van der Waals surface area contributed by atoms with Crippen LogP contribution < -0.4 is 5.73 Å². The molecule has 0 aromatic heterocycles. The fraction of sp³-hybridized carbons (Fsp3) is 0.917. The lowest BCUT2D eigenvalue weighted by molar-refractivity contribution is -0.149. The van der Waals surface area contributed by atoms with Gasteiger partial charge in [-0.15, -0.1) is 0 Å². The lowest BCUT2D eigenvalue weighted by Gasteiger charge is -2.49. The molecule has 0 radical (unpaired) electrons. The predicted molar refractivity (Wildman–Crippen MR) is 64.0 cm³/mol. The van der Waals surface area contributed by atoms with Crippen molar-refractivity contribution in [1.82, 2.24) is 9.80 Å². The summed E-state index contributed by atoms with van der Waals surface area (Å²) in [7, 11) is 2.04. The number of amides is 1. The van der Waals surface area contributed by atoms with E-state index in [4.69, 9.17) is 5.73 Å². The van der Waals surface area contributed by atoms with Crippen molar-refractivity contribution in [3.05, 3.63) is 0 Å². The Hall–Kier alpha value is -0.610. The fourth-order valence-corrected chi connectivity index (χ4v) is 2.56. The van der Waals surface area contributed by atoms with Crippen LogP contribution in [0.15, 0.2) is 0 Å². The Labute approximate surface area is 97.8 Å². The molecule has 1 aliphatic carbocycles. The SMILES string of the molecule is CN1C(CCN)C(=O)N(C2CC2)CC1(C)C. The first kappa shape index (κ1) is 11.9. The third-order valence-corrected chi connectivity index (χ3v) is 3.98. The van der Waals surface area contributed by atoms with Crippen molar-refractivity contribution in [2.45, 2.75) is 50.7 Å². The second-order valence-corrected chi connectivity index (χ2v) is 5.71. The van der Waals surface area contributed by atoms with Crippen molar-refractivity contribution in [2.75, 3.05) is 20.1 Å². The van der Waals surface area contributed by atoms with E-state index in [9.17, 15) is 4.79 Å². The van der Waals surface area contributed by atoms with Crippen LogP contribution in [-0.2, 0) is 4.79 Å². The van der Waals surface area contributed by atoms with Gasteiger partial charge in [-0.1, -0.05) is 0 Å². The molecule has 4 heteroatoms. The van der Waals surface area contributed by atoms with E-state index in [0.717, 1.165) is 13.0 Å². The Bertz CT molecular complexity index is 286. The number of carbonyl (C=O) groups excluding carboxylic acids is 1. The maximum Gasteiger partial charge on any atom is 0.240 e. The zero-order valence-corrected chi connectivity index (χ0v) is 10.6. The number of piperazine rings is 1. The van der Waals surface area contributed by atoms with Gasteiger partial charge in [-0.05, 0) is 46.7 Å². The minimum absolute atomic E-state index is 0.0191. The molecule has 2 N–H and O–H groups in total. The number of rotatable bonds is 3. The molecule has 4 nitrogen and oxygen atoms in total. The summed E-state index contributed by atoms with van der Waals surface area (Å²) in [5, 5.41) is 0. The zero-order valence-electron chi connectivity index (χ0n) is 10.6. The van der Waals surface area contributed by atoms with E-state index in [0.29, 0.717) is 12.6 Å². The van der Waals surface area contributed by atoms with E-state index < -0.39 is 0 Å². The molecule has 0 aromatic rings. The van der Waals surface area contributed by atoms with E-state index in [1.165, 1.54) is 12.8 Å². The molecule has 2 rings (SSSR count). The first-order valence-electron chi connectivity index (χ1n) is 6.21. The van der Waals surface area contributed by atoms with Gasteiger partial charge >= 0.3 is 0 Å². The Kier molecular flexibility index (Phi) is 2.97. The van der Waals surface area contributed by atoms with Crippen LogP contribution >= 0.6 is 0 Å². The molecular weight excluding hydrogens is 202 g/mol.